The molecule has 2 N–H and O–H groups in total. The van der Waals surface area contributed by atoms with Crippen LogP contribution in [0.25, 0.3) is 0 Å². The Balaban J connectivity index is 1.59. The van der Waals surface area contributed by atoms with E-state index in [1.807, 2.05) is 54.6 Å². The molecule has 4 rings (SSSR count). The van der Waals surface area contributed by atoms with Gasteiger partial charge in [0.2, 0.25) is 5.71 Å². The summed E-state index contributed by atoms with van der Waals surface area (Å²) in [4.78, 5) is 22.0. The molecule has 0 radical (unpaired) electrons. The third-order valence-corrected chi connectivity index (χ3v) is 9.06. The van der Waals surface area contributed by atoms with Crippen LogP contribution in [0.4, 0.5) is 5.13 Å². The summed E-state index contributed by atoms with van der Waals surface area (Å²) in [6, 6.07) is 30.1. The predicted octanol–water partition coefficient (Wildman–Crippen LogP) is 7.17. The highest BCUT2D eigenvalue weighted by atomic mass is 32.1. The number of aliphatic carboxylic acids is 1. The number of hydrogen-bond acceptors (Lipinski definition) is 9. The molecule has 3 aromatic carbocycles. The number of benzene rings is 3. The number of rotatable bonds is 16. The third-order valence-electron chi connectivity index (χ3n) is 6.34. The van der Waals surface area contributed by atoms with Crippen LogP contribution in [0.15, 0.2) is 114 Å². The number of carboxylic acid groups (broad SMARTS) is 1. The fraction of sp³-hybridized carbons (Fsp3) is 0.219. The highest BCUT2D eigenvalue weighted by Crippen LogP contribution is 2.47. The van der Waals surface area contributed by atoms with E-state index in [-0.39, 0.29) is 37.4 Å². The number of nitrogens with one attached hydrogen (secondary N) is 1. The lowest BCUT2D eigenvalue weighted by molar-refractivity contribution is -0.129. The van der Waals surface area contributed by atoms with Crippen LogP contribution >= 0.6 is 18.9 Å². The van der Waals surface area contributed by atoms with Crippen molar-refractivity contribution in [1.29, 1.82) is 0 Å². The van der Waals surface area contributed by atoms with Gasteiger partial charge in [-0.25, -0.2) is 9.78 Å². The largest absolute Gasteiger partial charge is 0.476 e. The molecule has 1 heterocycles. The molecule has 0 aliphatic rings. The van der Waals surface area contributed by atoms with E-state index < -0.39 is 19.1 Å². The second-order valence-electron chi connectivity index (χ2n) is 9.15. The maximum Gasteiger partial charge on any atom is 0.360 e. The van der Waals surface area contributed by atoms with Crippen molar-refractivity contribution < 1.29 is 28.4 Å². The van der Waals surface area contributed by atoms with Crippen molar-refractivity contribution in [3.63, 3.8) is 0 Å². The van der Waals surface area contributed by atoms with Crippen LogP contribution in [0.5, 0.6) is 0 Å². The fourth-order valence-corrected chi connectivity index (χ4v) is 6.76. The van der Waals surface area contributed by atoms with Gasteiger partial charge >= 0.3 is 13.6 Å². The second kappa shape index (κ2) is 15.4. The summed E-state index contributed by atoms with van der Waals surface area (Å²) in [5, 5.41) is 19.5. The number of allylic oxidation sites excluding steroid dienone is 1. The molecule has 0 unspecified atom stereocenters. The van der Waals surface area contributed by atoms with Crippen LogP contribution in [-0.4, -0.2) is 47.8 Å². The molecule has 11 heteroatoms. The van der Waals surface area contributed by atoms with E-state index in [0.717, 1.165) is 16.7 Å². The van der Waals surface area contributed by atoms with E-state index >= 15 is 0 Å². The first kappa shape index (κ1) is 31.8. The Hall–Kier alpha value is -4.08. The number of thiazole rings is 1. The maximum absolute atomic E-state index is 12.5. The Morgan fingerprint density at radius 2 is 1.42 bits per heavy atom. The standard InChI is InChI=1S/C32H34N3O6PS/c1-3-40-42(38,41-4-2)23-15-14-22-39-35-29(30(36)37)28-24-43-31(33-28)34-32(25-16-8-5-9-17-25,26-18-10-6-11-19-26)27-20-12-7-13-21-27/h5-21,24H,3-4,22-23H2,1-2H3,(H,33,34)(H,36,37)/b15-14+,35-29-. The Morgan fingerprint density at radius 3 is 1.88 bits per heavy atom. The minimum absolute atomic E-state index is 0.0383. The minimum Gasteiger partial charge on any atom is -0.476 e. The molecule has 0 aliphatic carbocycles. The van der Waals surface area contributed by atoms with E-state index in [1.165, 1.54) is 11.3 Å². The molecule has 0 aliphatic heterocycles. The van der Waals surface area contributed by atoms with Gasteiger partial charge in [-0.15, -0.1) is 11.3 Å². The van der Waals surface area contributed by atoms with E-state index in [0.29, 0.717) is 5.13 Å². The Bertz CT molecular complexity index is 1460. The molecular formula is C32H34N3O6PS. The molecule has 0 fully saturated rings. The van der Waals surface area contributed by atoms with Crippen molar-refractivity contribution in [3.05, 3.63) is 131 Å². The maximum atomic E-state index is 12.5. The van der Waals surface area contributed by atoms with Gasteiger partial charge in [-0.3, -0.25) is 4.57 Å². The lowest BCUT2D eigenvalue weighted by Crippen LogP contribution is -2.38. The van der Waals surface area contributed by atoms with Gasteiger partial charge in [-0.05, 0) is 36.6 Å². The van der Waals surface area contributed by atoms with Gasteiger partial charge in [0, 0.05) is 5.38 Å². The smallest absolute Gasteiger partial charge is 0.360 e. The first-order chi connectivity index (χ1) is 20.9. The highest BCUT2D eigenvalue weighted by molar-refractivity contribution is 7.54. The summed E-state index contributed by atoms with van der Waals surface area (Å²) in [5.41, 5.74) is 1.98. The molecule has 0 amide bonds. The van der Waals surface area contributed by atoms with Gasteiger partial charge in [0.25, 0.3) is 0 Å². The summed E-state index contributed by atoms with van der Waals surface area (Å²) < 4.78 is 23.0. The van der Waals surface area contributed by atoms with Crippen LogP contribution in [-0.2, 0) is 28.8 Å². The topological polar surface area (TPSA) is 119 Å². The lowest BCUT2D eigenvalue weighted by Gasteiger charge is -2.36. The second-order valence-corrected chi connectivity index (χ2v) is 12.1. The summed E-state index contributed by atoms with van der Waals surface area (Å²) in [5.74, 6) is -1.28. The average Bonchev–Trinajstić information content (AvgIpc) is 3.48. The monoisotopic (exact) mass is 619 g/mol. The zero-order valence-corrected chi connectivity index (χ0v) is 25.7. The van der Waals surface area contributed by atoms with Crippen LogP contribution in [0.1, 0.15) is 36.2 Å². The third kappa shape index (κ3) is 8.06. The Kier molecular flexibility index (Phi) is 11.4. The van der Waals surface area contributed by atoms with Crippen LogP contribution < -0.4 is 5.32 Å². The normalized spacial score (nSPS) is 12.4. The van der Waals surface area contributed by atoms with Gasteiger partial charge < -0.3 is 24.3 Å². The summed E-state index contributed by atoms with van der Waals surface area (Å²) in [6.07, 6.45) is 3.25. The molecule has 0 bridgehead atoms. The summed E-state index contributed by atoms with van der Waals surface area (Å²) in [7, 11) is -3.22. The quantitative estimate of drug-likeness (QED) is 0.0338. The SMILES string of the molecule is CCOP(=O)(C/C=C/CO/N=C(\C(=O)O)c1csc(NC(c2ccccc2)(c2ccccc2)c2ccccc2)n1)OCC. The first-order valence-corrected chi connectivity index (χ1v) is 16.4. The molecule has 224 valence electrons. The number of carboxylic acids is 1. The van der Waals surface area contributed by atoms with Crippen molar-refractivity contribution >= 4 is 35.7 Å². The molecule has 43 heavy (non-hydrogen) atoms. The van der Waals surface area contributed by atoms with Crippen LogP contribution in [0, 0.1) is 0 Å². The molecule has 0 spiro atoms. The van der Waals surface area contributed by atoms with Gasteiger partial charge in [0.15, 0.2) is 5.13 Å². The van der Waals surface area contributed by atoms with E-state index in [4.69, 9.17) is 13.9 Å². The van der Waals surface area contributed by atoms with Crippen molar-refractivity contribution in [2.45, 2.75) is 19.4 Å². The Labute approximate surface area is 255 Å². The van der Waals surface area contributed by atoms with Gasteiger partial charge in [0.05, 0.1) is 19.4 Å². The van der Waals surface area contributed by atoms with Gasteiger partial charge in [-0.2, -0.15) is 0 Å². The van der Waals surface area contributed by atoms with Crippen molar-refractivity contribution in [1.82, 2.24) is 4.98 Å². The van der Waals surface area contributed by atoms with E-state index in [2.05, 4.69) is 51.9 Å². The zero-order valence-electron chi connectivity index (χ0n) is 24.0. The molecule has 0 saturated carbocycles. The van der Waals surface area contributed by atoms with E-state index in [9.17, 15) is 14.5 Å². The van der Waals surface area contributed by atoms with Crippen molar-refractivity contribution in [3.8, 4) is 0 Å². The molecule has 0 saturated heterocycles. The Morgan fingerprint density at radius 1 is 0.907 bits per heavy atom. The predicted molar refractivity (Wildman–Crippen MR) is 170 cm³/mol. The number of carbonyl (C=O) groups is 1. The van der Waals surface area contributed by atoms with E-state index in [1.54, 1.807) is 31.4 Å². The molecule has 4 aromatic rings. The molecule has 0 atom stereocenters. The fourth-order valence-electron chi connectivity index (χ4n) is 4.53. The average molecular weight is 620 g/mol. The van der Waals surface area contributed by atoms with Gasteiger partial charge in [0.1, 0.15) is 17.8 Å². The lowest BCUT2D eigenvalue weighted by atomic mass is 9.77. The van der Waals surface area contributed by atoms with Crippen molar-refractivity contribution in [2.75, 3.05) is 31.3 Å². The molecular weight excluding hydrogens is 585 g/mol. The van der Waals surface area contributed by atoms with Crippen LogP contribution in [0.3, 0.4) is 0 Å². The summed E-state index contributed by atoms with van der Waals surface area (Å²) >= 11 is 1.27. The number of oxime groups is 1. The highest BCUT2D eigenvalue weighted by Gasteiger charge is 2.37. The van der Waals surface area contributed by atoms with Crippen molar-refractivity contribution in [2.24, 2.45) is 5.16 Å². The number of anilines is 1. The number of nitrogens with zero attached hydrogens (tertiary/aromatic N) is 2. The summed E-state index contributed by atoms with van der Waals surface area (Å²) in [6.45, 7) is 3.97. The van der Waals surface area contributed by atoms with Crippen LogP contribution in [0.2, 0.25) is 0 Å². The molecule has 1 aromatic heterocycles. The number of aromatic nitrogens is 1. The number of hydrogen-bond donors (Lipinski definition) is 2. The zero-order chi connectivity index (χ0) is 30.5. The first-order valence-electron chi connectivity index (χ1n) is 13.8. The van der Waals surface area contributed by atoms with Gasteiger partial charge in [-0.1, -0.05) is 102 Å². The molecule has 9 nitrogen and oxygen atoms in total. The minimum atomic E-state index is -3.22.